The SMILES string of the molecule is CCCCN(CCCC)c1ccc(/C=C/c2ccc(/C=C/C3=[N+](CC)c4ccc(S(=O)(=O)O)cc4C3(C)C)s2)cc1. The molecule has 4 rings (SSSR count). The van der Waals surface area contributed by atoms with Gasteiger partial charge < -0.3 is 4.90 Å². The summed E-state index contributed by atoms with van der Waals surface area (Å²) in [4.78, 5) is 4.77. The maximum atomic E-state index is 11.8. The first-order valence-electron chi connectivity index (χ1n) is 14.7. The molecule has 7 heteroatoms. The van der Waals surface area contributed by atoms with Gasteiger partial charge in [0.15, 0.2) is 5.71 Å². The number of nitrogens with zero attached hydrogens (tertiary/aromatic N) is 2. The molecule has 0 fully saturated rings. The van der Waals surface area contributed by atoms with Crippen molar-refractivity contribution in [2.24, 2.45) is 0 Å². The molecule has 1 aliphatic heterocycles. The van der Waals surface area contributed by atoms with Gasteiger partial charge in [-0.2, -0.15) is 13.0 Å². The lowest BCUT2D eigenvalue weighted by molar-refractivity contribution is -0.433. The molecule has 3 aromatic rings. The minimum Gasteiger partial charge on any atom is -0.372 e. The summed E-state index contributed by atoms with van der Waals surface area (Å²) in [5.74, 6) is 0. The van der Waals surface area contributed by atoms with Crippen LogP contribution in [0.3, 0.4) is 0 Å². The number of fused-ring (bicyclic) bond motifs is 1. The number of rotatable bonds is 13. The zero-order valence-corrected chi connectivity index (χ0v) is 26.6. The van der Waals surface area contributed by atoms with Crippen molar-refractivity contribution >= 4 is 56.8 Å². The van der Waals surface area contributed by atoms with Crippen molar-refractivity contribution in [3.8, 4) is 0 Å². The minimum absolute atomic E-state index is 0.0692. The number of benzene rings is 2. The van der Waals surface area contributed by atoms with Crippen LogP contribution in [0, 0.1) is 0 Å². The van der Waals surface area contributed by atoms with E-state index < -0.39 is 15.5 Å². The number of hydrogen-bond acceptors (Lipinski definition) is 4. The standard InChI is InChI=1S/C34H42N2O3S2/c1-6-9-23-35(24-10-7-2)27-14-11-26(12-15-27)13-16-28-17-18-29(40-28)19-22-33-34(4,5)31-25-30(41(37,38)39)20-21-32(31)36(33)8-3/h11-22,25H,6-10,23-24H2,1-5H3/p+1. The predicted molar refractivity (Wildman–Crippen MR) is 176 cm³/mol. The number of hydrogen-bond donors (Lipinski definition) is 1. The molecule has 5 nitrogen and oxygen atoms in total. The molecule has 0 amide bonds. The molecular formula is C34H43N2O3S2+. The molecule has 0 unspecified atom stereocenters. The zero-order chi connectivity index (χ0) is 29.6. The van der Waals surface area contributed by atoms with Gasteiger partial charge in [0.05, 0.1) is 10.3 Å². The summed E-state index contributed by atoms with van der Waals surface area (Å²) in [6, 6.07) is 18.0. The van der Waals surface area contributed by atoms with Crippen molar-refractivity contribution in [3.05, 3.63) is 81.6 Å². The number of allylic oxidation sites excluding steroid dienone is 1. The number of unbranched alkanes of at least 4 members (excludes halogenated alkanes) is 2. The van der Waals surface area contributed by atoms with Gasteiger partial charge in [-0.05, 0) is 87.7 Å². The van der Waals surface area contributed by atoms with E-state index in [0.29, 0.717) is 0 Å². The summed E-state index contributed by atoms with van der Waals surface area (Å²) in [6.45, 7) is 13.7. The number of anilines is 1. The quantitative estimate of drug-likeness (QED) is 0.160. The van der Waals surface area contributed by atoms with E-state index >= 15 is 0 Å². The Balaban J connectivity index is 1.48. The molecule has 0 aliphatic carbocycles. The average Bonchev–Trinajstić information content (AvgIpc) is 3.49. The van der Waals surface area contributed by atoms with E-state index in [2.05, 4.69) is 105 Å². The molecule has 0 saturated heterocycles. The molecule has 0 bridgehead atoms. The van der Waals surface area contributed by atoms with Gasteiger partial charge in [-0.3, -0.25) is 4.55 Å². The summed E-state index contributed by atoms with van der Waals surface area (Å²) in [7, 11) is -4.26. The Bertz CT molecular complexity index is 1540. The normalized spacial score (nSPS) is 14.9. The first kappa shape index (κ1) is 30.9. The van der Waals surface area contributed by atoms with Crippen LogP contribution in [-0.2, 0) is 15.5 Å². The Labute approximate surface area is 250 Å². The summed E-state index contributed by atoms with van der Waals surface area (Å²) < 4.78 is 35.3. The molecule has 1 aromatic heterocycles. The molecule has 0 radical (unpaired) electrons. The molecule has 218 valence electrons. The maximum Gasteiger partial charge on any atom is 0.294 e. The topological polar surface area (TPSA) is 60.6 Å². The van der Waals surface area contributed by atoms with Crippen molar-refractivity contribution < 1.29 is 17.5 Å². The summed E-state index contributed by atoms with van der Waals surface area (Å²) in [6.07, 6.45) is 13.5. The lowest BCUT2D eigenvalue weighted by atomic mass is 9.81. The molecular weight excluding hydrogens is 549 g/mol. The largest absolute Gasteiger partial charge is 0.372 e. The van der Waals surface area contributed by atoms with Crippen molar-refractivity contribution in [1.82, 2.24) is 0 Å². The van der Waals surface area contributed by atoms with Crippen LogP contribution in [0.4, 0.5) is 11.4 Å². The van der Waals surface area contributed by atoms with Gasteiger partial charge in [0.2, 0.25) is 5.69 Å². The Morgan fingerprint density at radius 1 is 0.854 bits per heavy atom. The number of thiophene rings is 1. The predicted octanol–water partition coefficient (Wildman–Crippen LogP) is 8.68. The second-order valence-electron chi connectivity index (χ2n) is 11.1. The van der Waals surface area contributed by atoms with Crippen LogP contribution < -0.4 is 4.90 Å². The highest BCUT2D eigenvalue weighted by Crippen LogP contribution is 2.41. The van der Waals surface area contributed by atoms with Gasteiger partial charge in [-0.15, -0.1) is 11.3 Å². The monoisotopic (exact) mass is 591 g/mol. The third kappa shape index (κ3) is 7.26. The molecule has 1 aliphatic rings. The van der Waals surface area contributed by atoms with Crippen LogP contribution in [-0.4, -0.2) is 42.9 Å². The molecule has 41 heavy (non-hydrogen) atoms. The highest BCUT2D eigenvalue weighted by Gasteiger charge is 2.44. The van der Waals surface area contributed by atoms with Crippen LogP contribution in [0.2, 0.25) is 0 Å². The molecule has 0 spiro atoms. The Morgan fingerprint density at radius 2 is 1.46 bits per heavy atom. The van der Waals surface area contributed by atoms with Gasteiger partial charge in [0.1, 0.15) is 6.54 Å². The van der Waals surface area contributed by atoms with Gasteiger partial charge in [0.25, 0.3) is 10.1 Å². The fourth-order valence-electron chi connectivity index (χ4n) is 5.41. The Hall–Kier alpha value is -3.00. The summed E-state index contributed by atoms with van der Waals surface area (Å²) >= 11 is 1.73. The van der Waals surface area contributed by atoms with E-state index in [1.807, 2.05) is 0 Å². The fraction of sp³-hybridized carbons (Fsp3) is 0.382. The smallest absolute Gasteiger partial charge is 0.294 e. The third-order valence-electron chi connectivity index (χ3n) is 7.79. The lowest BCUT2D eigenvalue weighted by Crippen LogP contribution is -2.27. The first-order chi connectivity index (χ1) is 19.6. The van der Waals surface area contributed by atoms with Crippen LogP contribution in [0.1, 0.15) is 81.2 Å². The van der Waals surface area contributed by atoms with Crippen molar-refractivity contribution in [2.45, 2.75) is 70.6 Å². The van der Waals surface area contributed by atoms with Gasteiger partial charge in [0, 0.05) is 46.2 Å². The molecule has 0 atom stereocenters. The van der Waals surface area contributed by atoms with E-state index in [1.54, 1.807) is 23.5 Å². The molecule has 0 saturated carbocycles. The Morgan fingerprint density at radius 3 is 2.02 bits per heavy atom. The first-order valence-corrected chi connectivity index (χ1v) is 16.9. The van der Waals surface area contributed by atoms with Crippen LogP contribution in [0.25, 0.3) is 18.2 Å². The van der Waals surface area contributed by atoms with Crippen LogP contribution in [0.15, 0.2) is 65.6 Å². The van der Waals surface area contributed by atoms with Crippen molar-refractivity contribution in [1.29, 1.82) is 0 Å². The van der Waals surface area contributed by atoms with Crippen LogP contribution in [0.5, 0.6) is 0 Å². The van der Waals surface area contributed by atoms with E-state index in [0.717, 1.165) is 41.5 Å². The lowest BCUT2D eigenvalue weighted by Gasteiger charge is -2.24. The minimum atomic E-state index is -4.26. The van der Waals surface area contributed by atoms with E-state index in [-0.39, 0.29) is 4.90 Å². The summed E-state index contributed by atoms with van der Waals surface area (Å²) in [5.41, 5.74) is 5.06. The van der Waals surface area contributed by atoms with E-state index in [1.165, 1.54) is 47.9 Å². The molecule has 2 aromatic carbocycles. The fourth-order valence-corrected chi connectivity index (χ4v) is 6.73. The zero-order valence-electron chi connectivity index (χ0n) is 24.9. The molecule has 2 heterocycles. The second kappa shape index (κ2) is 13.3. The summed E-state index contributed by atoms with van der Waals surface area (Å²) in [5, 5.41) is 0. The Kier molecular flexibility index (Phi) is 10.1. The van der Waals surface area contributed by atoms with Crippen LogP contribution >= 0.6 is 11.3 Å². The average molecular weight is 592 g/mol. The van der Waals surface area contributed by atoms with E-state index in [4.69, 9.17) is 0 Å². The van der Waals surface area contributed by atoms with Gasteiger partial charge in [-0.25, -0.2) is 0 Å². The van der Waals surface area contributed by atoms with Gasteiger partial charge in [-0.1, -0.05) is 44.9 Å². The highest BCUT2D eigenvalue weighted by molar-refractivity contribution is 7.85. The highest BCUT2D eigenvalue weighted by atomic mass is 32.2. The van der Waals surface area contributed by atoms with Crippen molar-refractivity contribution in [2.75, 3.05) is 24.5 Å². The second-order valence-corrected chi connectivity index (χ2v) is 13.7. The van der Waals surface area contributed by atoms with Gasteiger partial charge >= 0.3 is 0 Å². The van der Waals surface area contributed by atoms with E-state index in [9.17, 15) is 13.0 Å². The third-order valence-corrected chi connectivity index (χ3v) is 9.66. The maximum absolute atomic E-state index is 11.8. The molecule has 1 N–H and O–H groups in total. The van der Waals surface area contributed by atoms with Crippen molar-refractivity contribution in [3.63, 3.8) is 0 Å².